The molecule has 0 spiro atoms. The van der Waals surface area contributed by atoms with Crippen LogP contribution < -0.4 is 51.4 Å². The van der Waals surface area contributed by atoms with Gasteiger partial charge in [0.05, 0.1) is 6.61 Å². The third kappa shape index (κ3) is 18.5. The Labute approximate surface area is 194 Å². The van der Waals surface area contributed by atoms with E-state index in [1.54, 1.807) is 0 Å². The van der Waals surface area contributed by atoms with Crippen LogP contribution in [0.25, 0.3) is 0 Å². The molecule has 0 aliphatic carbocycles. The van der Waals surface area contributed by atoms with Crippen molar-refractivity contribution in [1.29, 1.82) is 0 Å². The fourth-order valence-electron chi connectivity index (χ4n) is 2.78. The van der Waals surface area contributed by atoms with Crippen molar-refractivity contribution in [3.05, 3.63) is 0 Å². The van der Waals surface area contributed by atoms with Crippen molar-refractivity contribution in [2.24, 2.45) is 17.8 Å². The van der Waals surface area contributed by atoms with E-state index in [-0.39, 0.29) is 65.3 Å². The van der Waals surface area contributed by atoms with E-state index in [0.717, 1.165) is 37.5 Å². The molecule has 0 bridgehead atoms. The van der Waals surface area contributed by atoms with Crippen molar-refractivity contribution < 1.29 is 71.7 Å². The van der Waals surface area contributed by atoms with Gasteiger partial charge in [0.15, 0.2) is 0 Å². The Bertz CT molecular complexity index is 328. The number of phosphoric ester groups is 1. The van der Waals surface area contributed by atoms with Gasteiger partial charge in [-0.1, -0.05) is 79.1 Å². The summed E-state index contributed by atoms with van der Waals surface area (Å²) in [6.45, 7) is 9.19. The van der Waals surface area contributed by atoms with Crippen molar-refractivity contribution in [2.45, 2.75) is 91.9 Å². The van der Waals surface area contributed by atoms with Gasteiger partial charge in [0.1, 0.15) is 0 Å². The fraction of sp³-hybridized carbons (Fsp3) is 1.00. The quantitative estimate of drug-likeness (QED) is 0.256. The molecule has 0 fully saturated rings. The molecular weight excluding hydrogens is 350 g/mol. The van der Waals surface area contributed by atoms with Crippen molar-refractivity contribution in [3.8, 4) is 0 Å². The number of phosphoric acid groups is 1. The first-order valence-corrected chi connectivity index (χ1v) is 11.0. The summed E-state index contributed by atoms with van der Waals surface area (Å²) in [5.41, 5.74) is 0. The molecule has 0 aliphatic rings. The second kappa shape index (κ2) is 16.9. The maximum absolute atomic E-state index is 10.9. The molecule has 0 aromatic rings. The van der Waals surface area contributed by atoms with Gasteiger partial charge in [-0.05, 0) is 30.6 Å². The van der Waals surface area contributed by atoms with E-state index in [4.69, 9.17) is 14.3 Å². The standard InChI is InChI=1S/C18H39O4P.K.H/c1-5-16(3)11-8-7-9-13-18(15-22-23(19,20)21)14-10-12-17(4)6-2;;/h16-18H,5-15H2,1-4H3,(H2,19,20,21);;/q;+1;-1. The fourth-order valence-corrected chi connectivity index (χ4v) is 3.18. The second-order valence-corrected chi connectivity index (χ2v) is 8.49. The minimum atomic E-state index is -4.34. The Hall–Kier alpha value is 1.75. The van der Waals surface area contributed by atoms with Gasteiger partial charge in [-0.15, -0.1) is 0 Å². The van der Waals surface area contributed by atoms with Crippen LogP contribution in [0.2, 0.25) is 0 Å². The Balaban J connectivity index is -0.00000242. The van der Waals surface area contributed by atoms with Crippen LogP contribution in [0.1, 0.15) is 93.3 Å². The summed E-state index contributed by atoms with van der Waals surface area (Å²) in [5.74, 6) is 1.81. The van der Waals surface area contributed by atoms with E-state index in [0.29, 0.717) is 0 Å². The third-order valence-corrected chi connectivity index (χ3v) is 5.48. The summed E-state index contributed by atoms with van der Waals surface area (Å²) < 4.78 is 15.7. The van der Waals surface area contributed by atoms with Crippen LogP contribution in [-0.2, 0) is 9.09 Å². The molecule has 0 rings (SSSR count). The maximum atomic E-state index is 10.9. The molecule has 4 nitrogen and oxygen atoms in total. The second-order valence-electron chi connectivity index (χ2n) is 7.25. The van der Waals surface area contributed by atoms with Gasteiger partial charge >= 0.3 is 59.2 Å². The molecule has 3 atom stereocenters. The molecule has 0 saturated heterocycles. The molecule has 0 amide bonds. The normalized spacial score (nSPS) is 15.6. The molecule has 24 heavy (non-hydrogen) atoms. The van der Waals surface area contributed by atoms with Crippen LogP contribution in [-0.4, -0.2) is 16.4 Å². The monoisotopic (exact) mass is 390 g/mol. The van der Waals surface area contributed by atoms with E-state index in [2.05, 4.69) is 27.7 Å². The molecule has 0 aliphatic heterocycles. The van der Waals surface area contributed by atoms with Crippen molar-refractivity contribution >= 4 is 7.82 Å². The zero-order valence-electron chi connectivity index (χ0n) is 17.7. The van der Waals surface area contributed by atoms with Crippen molar-refractivity contribution in [2.75, 3.05) is 6.61 Å². The molecular formula is C18H40KO4P. The first kappa shape index (κ1) is 28.0. The molecule has 2 N–H and O–H groups in total. The first-order valence-electron chi connectivity index (χ1n) is 9.48. The van der Waals surface area contributed by atoms with Gasteiger partial charge in [-0.3, -0.25) is 4.52 Å². The van der Waals surface area contributed by atoms with Crippen LogP contribution in [0.4, 0.5) is 0 Å². The maximum Gasteiger partial charge on any atom is 1.00 e. The predicted molar refractivity (Wildman–Crippen MR) is 98.4 cm³/mol. The summed E-state index contributed by atoms with van der Waals surface area (Å²) in [6, 6.07) is 0. The average molecular weight is 391 g/mol. The number of rotatable bonds is 15. The molecule has 0 saturated carbocycles. The number of hydrogen-bond donors (Lipinski definition) is 2. The summed E-state index contributed by atoms with van der Waals surface area (Å²) in [4.78, 5) is 17.8. The van der Waals surface area contributed by atoms with Gasteiger partial charge in [0.2, 0.25) is 0 Å². The van der Waals surface area contributed by atoms with Gasteiger partial charge in [-0.2, -0.15) is 0 Å². The largest absolute Gasteiger partial charge is 1.00 e. The van der Waals surface area contributed by atoms with E-state index in [1.807, 2.05) is 0 Å². The zero-order valence-corrected chi connectivity index (χ0v) is 20.7. The van der Waals surface area contributed by atoms with E-state index in [1.165, 1.54) is 38.5 Å². The Morgan fingerprint density at radius 2 is 1.33 bits per heavy atom. The van der Waals surface area contributed by atoms with Crippen LogP contribution in [0.15, 0.2) is 0 Å². The molecule has 3 unspecified atom stereocenters. The number of hydrogen-bond acceptors (Lipinski definition) is 2. The van der Waals surface area contributed by atoms with Crippen molar-refractivity contribution in [1.82, 2.24) is 0 Å². The minimum absolute atomic E-state index is 0. The van der Waals surface area contributed by atoms with Gasteiger partial charge in [0.25, 0.3) is 0 Å². The van der Waals surface area contributed by atoms with Gasteiger partial charge in [0, 0.05) is 0 Å². The Kier molecular flexibility index (Phi) is 19.7. The zero-order chi connectivity index (χ0) is 17.7. The van der Waals surface area contributed by atoms with Crippen LogP contribution in [0, 0.1) is 17.8 Å². The summed E-state index contributed by atoms with van der Waals surface area (Å²) in [7, 11) is -4.34. The average Bonchev–Trinajstić information content (AvgIpc) is 2.50. The molecule has 0 aromatic heterocycles. The summed E-state index contributed by atoms with van der Waals surface area (Å²) >= 11 is 0. The van der Waals surface area contributed by atoms with E-state index >= 15 is 0 Å². The first-order chi connectivity index (χ1) is 10.8. The van der Waals surface area contributed by atoms with Crippen LogP contribution in [0.5, 0.6) is 0 Å². The van der Waals surface area contributed by atoms with E-state index < -0.39 is 7.82 Å². The number of unbranched alkanes of at least 4 members (excludes halogenated alkanes) is 2. The SMILES string of the molecule is CCC(C)CCCCCC(CCCC(C)CC)COP(=O)(O)O.[H-].[K+]. The van der Waals surface area contributed by atoms with Crippen LogP contribution >= 0.6 is 7.82 Å². The van der Waals surface area contributed by atoms with Crippen LogP contribution in [0.3, 0.4) is 0 Å². The van der Waals surface area contributed by atoms with Gasteiger partial charge in [-0.25, -0.2) is 4.57 Å². The molecule has 0 heterocycles. The van der Waals surface area contributed by atoms with Crippen molar-refractivity contribution in [3.63, 3.8) is 0 Å². The molecule has 0 aromatic carbocycles. The smallest absolute Gasteiger partial charge is 1.00 e. The van der Waals surface area contributed by atoms with Gasteiger partial charge < -0.3 is 11.2 Å². The van der Waals surface area contributed by atoms with E-state index in [9.17, 15) is 4.57 Å². The topological polar surface area (TPSA) is 66.8 Å². The summed E-state index contributed by atoms with van der Waals surface area (Å²) in [6.07, 6.45) is 11.7. The Morgan fingerprint density at radius 3 is 1.83 bits per heavy atom. The Morgan fingerprint density at radius 1 is 0.875 bits per heavy atom. The molecule has 0 radical (unpaired) electrons. The third-order valence-electron chi connectivity index (χ3n) is 4.99. The molecule has 142 valence electrons. The minimum Gasteiger partial charge on any atom is -1.00 e. The summed E-state index contributed by atoms with van der Waals surface area (Å²) in [5, 5.41) is 0. The molecule has 6 heteroatoms. The predicted octanol–water partition coefficient (Wildman–Crippen LogP) is 3.04.